The molecular formula is C17H20N4O3. The van der Waals surface area contributed by atoms with E-state index in [9.17, 15) is 9.59 Å². The number of esters is 1. The van der Waals surface area contributed by atoms with E-state index in [4.69, 9.17) is 4.74 Å². The normalized spacial score (nSPS) is 15.9. The minimum atomic E-state index is -0.812. The third-order valence-electron chi connectivity index (χ3n) is 4.14. The summed E-state index contributed by atoms with van der Waals surface area (Å²) in [5.74, 6) is -0.760. The lowest BCUT2D eigenvalue weighted by atomic mass is 10.2. The van der Waals surface area contributed by atoms with Gasteiger partial charge in [0, 0.05) is 6.04 Å². The Kier molecular flexibility index (Phi) is 4.88. The second-order valence-corrected chi connectivity index (χ2v) is 5.92. The van der Waals surface area contributed by atoms with Crippen molar-refractivity contribution in [3.05, 3.63) is 42.5 Å². The van der Waals surface area contributed by atoms with Gasteiger partial charge in [-0.15, -0.1) is 0 Å². The maximum Gasteiger partial charge on any atom is 0.338 e. The van der Waals surface area contributed by atoms with Crippen LogP contribution in [0.25, 0.3) is 5.69 Å². The molecule has 1 saturated carbocycles. The van der Waals surface area contributed by atoms with Gasteiger partial charge in [0.2, 0.25) is 0 Å². The molecule has 0 spiro atoms. The van der Waals surface area contributed by atoms with Crippen molar-refractivity contribution in [1.82, 2.24) is 20.1 Å². The predicted molar refractivity (Wildman–Crippen MR) is 86.6 cm³/mol. The topological polar surface area (TPSA) is 86.1 Å². The summed E-state index contributed by atoms with van der Waals surface area (Å²) in [7, 11) is 0. The number of hydrogen-bond acceptors (Lipinski definition) is 5. The SMILES string of the molecule is C[C@@H](OC(=O)c1ccc(-n2cncn2)cc1)C(=O)NC1CCCC1. The third kappa shape index (κ3) is 3.79. The molecule has 0 saturated heterocycles. The minimum Gasteiger partial charge on any atom is -0.449 e. The molecule has 0 aliphatic heterocycles. The molecule has 1 N–H and O–H groups in total. The molecule has 3 rings (SSSR count). The molecule has 0 bridgehead atoms. The van der Waals surface area contributed by atoms with Crippen LogP contribution >= 0.6 is 0 Å². The third-order valence-corrected chi connectivity index (χ3v) is 4.14. The highest BCUT2D eigenvalue weighted by molar-refractivity contribution is 5.92. The summed E-state index contributed by atoms with van der Waals surface area (Å²) >= 11 is 0. The smallest absolute Gasteiger partial charge is 0.338 e. The van der Waals surface area contributed by atoms with Gasteiger partial charge in [-0.25, -0.2) is 14.5 Å². The lowest BCUT2D eigenvalue weighted by Crippen LogP contribution is -2.40. The van der Waals surface area contributed by atoms with Gasteiger partial charge in [-0.3, -0.25) is 4.79 Å². The van der Waals surface area contributed by atoms with E-state index >= 15 is 0 Å². The number of carbonyl (C=O) groups is 2. The predicted octanol–water partition coefficient (Wildman–Crippen LogP) is 1.87. The van der Waals surface area contributed by atoms with Gasteiger partial charge < -0.3 is 10.1 Å². The second-order valence-electron chi connectivity index (χ2n) is 5.92. The van der Waals surface area contributed by atoms with Gasteiger partial charge in [0.25, 0.3) is 5.91 Å². The Morgan fingerprint density at radius 3 is 2.58 bits per heavy atom. The maximum absolute atomic E-state index is 12.2. The molecule has 1 amide bonds. The Hall–Kier alpha value is -2.70. The monoisotopic (exact) mass is 328 g/mol. The van der Waals surface area contributed by atoms with E-state index < -0.39 is 12.1 Å². The van der Waals surface area contributed by atoms with Crippen LogP contribution in [0.2, 0.25) is 0 Å². The van der Waals surface area contributed by atoms with E-state index in [2.05, 4.69) is 15.4 Å². The van der Waals surface area contributed by atoms with Crippen molar-refractivity contribution < 1.29 is 14.3 Å². The molecule has 1 aromatic heterocycles. The largest absolute Gasteiger partial charge is 0.449 e. The van der Waals surface area contributed by atoms with Crippen LogP contribution < -0.4 is 5.32 Å². The number of carbonyl (C=O) groups excluding carboxylic acids is 2. The zero-order valence-corrected chi connectivity index (χ0v) is 13.5. The van der Waals surface area contributed by atoms with E-state index in [0.717, 1.165) is 31.4 Å². The van der Waals surface area contributed by atoms with Crippen LogP contribution in [-0.2, 0) is 9.53 Å². The van der Waals surface area contributed by atoms with Crippen molar-refractivity contribution in [1.29, 1.82) is 0 Å². The Morgan fingerprint density at radius 2 is 1.96 bits per heavy atom. The number of hydrogen-bond donors (Lipinski definition) is 1. The summed E-state index contributed by atoms with van der Waals surface area (Å²) in [6.07, 6.45) is 6.46. The average Bonchev–Trinajstić information content (AvgIpc) is 3.28. The summed E-state index contributed by atoms with van der Waals surface area (Å²) in [4.78, 5) is 28.1. The molecule has 0 radical (unpaired) electrons. The van der Waals surface area contributed by atoms with E-state index in [1.165, 1.54) is 6.33 Å². The molecule has 1 aliphatic rings. The van der Waals surface area contributed by atoms with Crippen molar-refractivity contribution in [2.45, 2.75) is 44.8 Å². The van der Waals surface area contributed by atoms with Crippen LogP contribution in [0, 0.1) is 0 Å². The van der Waals surface area contributed by atoms with Gasteiger partial charge >= 0.3 is 5.97 Å². The molecule has 1 aliphatic carbocycles. The Morgan fingerprint density at radius 1 is 1.25 bits per heavy atom. The number of ether oxygens (including phenoxy) is 1. The first-order valence-electron chi connectivity index (χ1n) is 8.10. The fourth-order valence-electron chi connectivity index (χ4n) is 2.76. The van der Waals surface area contributed by atoms with Crippen molar-refractivity contribution in [3.63, 3.8) is 0 Å². The first kappa shape index (κ1) is 16.2. The van der Waals surface area contributed by atoms with Gasteiger partial charge in [-0.05, 0) is 44.0 Å². The fourth-order valence-corrected chi connectivity index (χ4v) is 2.76. The number of amides is 1. The molecule has 2 aromatic rings. The number of aromatic nitrogens is 3. The second kappa shape index (κ2) is 7.25. The number of rotatable bonds is 5. The summed E-state index contributed by atoms with van der Waals surface area (Å²) in [6, 6.07) is 6.98. The molecule has 0 unspecified atom stereocenters. The molecule has 126 valence electrons. The summed E-state index contributed by atoms with van der Waals surface area (Å²) < 4.78 is 6.84. The molecule has 1 heterocycles. The van der Waals surface area contributed by atoms with Crippen molar-refractivity contribution in [2.75, 3.05) is 0 Å². The Balaban J connectivity index is 1.56. The standard InChI is InChI=1S/C17H20N4O3/c1-12(16(22)20-14-4-2-3-5-14)24-17(23)13-6-8-15(9-7-13)21-11-18-10-19-21/h6-12,14H,2-5H2,1H3,(H,20,22)/t12-/m1/s1. The average molecular weight is 328 g/mol. The lowest BCUT2D eigenvalue weighted by molar-refractivity contribution is -0.129. The van der Waals surface area contributed by atoms with Gasteiger partial charge in [-0.1, -0.05) is 12.8 Å². The van der Waals surface area contributed by atoms with Crippen molar-refractivity contribution in [3.8, 4) is 5.69 Å². The van der Waals surface area contributed by atoms with Crippen LogP contribution in [0.5, 0.6) is 0 Å². The van der Waals surface area contributed by atoms with Crippen LogP contribution in [0.4, 0.5) is 0 Å². The molecule has 1 aromatic carbocycles. The van der Waals surface area contributed by atoms with Crippen molar-refractivity contribution >= 4 is 11.9 Å². The summed E-state index contributed by atoms with van der Waals surface area (Å²) in [6.45, 7) is 1.59. The quantitative estimate of drug-likeness (QED) is 0.847. The van der Waals surface area contributed by atoms with E-state index in [1.807, 2.05) is 0 Å². The first-order chi connectivity index (χ1) is 11.6. The summed E-state index contributed by atoms with van der Waals surface area (Å²) in [5, 5.41) is 6.95. The molecule has 24 heavy (non-hydrogen) atoms. The summed E-state index contributed by atoms with van der Waals surface area (Å²) in [5.41, 5.74) is 1.18. The Bertz CT molecular complexity index is 691. The van der Waals surface area contributed by atoms with Crippen LogP contribution in [0.15, 0.2) is 36.9 Å². The van der Waals surface area contributed by atoms with E-state index in [-0.39, 0.29) is 11.9 Å². The highest BCUT2D eigenvalue weighted by Crippen LogP contribution is 2.18. The lowest BCUT2D eigenvalue weighted by Gasteiger charge is -2.17. The highest BCUT2D eigenvalue weighted by Gasteiger charge is 2.23. The number of nitrogens with one attached hydrogen (secondary N) is 1. The van der Waals surface area contributed by atoms with Crippen LogP contribution in [0.3, 0.4) is 0 Å². The Labute approximate surface area is 140 Å². The molecule has 7 heteroatoms. The fraction of sp³-hybridized carbons (Fsp3) is 0.412. The van der Waals surface area contributed by atoms with Crippen LogP contribution in [0.1, 0.15) is 43.0 Å². The first-order valence-corrected chi connectivity index (χ1v) is 8.10. The molecule has 1 fully saturated rings. The van der Waals surface area contributed by atoms with E-state index in [0.29, 0.717) is 5.56 Å². The van der Waals surface area contributed by atoms with E-state index in [1.54, 1.807) is 42.2 Å². The zero-order valence-electron chi connectivity index (χ0n) is 13.5. The van der Waals surface area contributed by atoms with Gasteiger partial charge in [-0.2, -0.15) is 5.10 Å². The number of benzene rings is 1. The zero-order chi connectivity index (χ0) is 16.9. The van der Waals surface area contributed by atoms with Gasteiger partial charge in [0.1, 0.15) is 12.7 Å². The van der Waals surface area contributed by atoms with Gasteiger partial charge in [0.05, 0.1) is 11.3 Å². The van der Waals surface area contributed by atoms with Crippen LogP contribution in [-0.4, -0.2) is 38.8 Å². The van der Waals surface area contributed by atoms with Crippen molar-refractivity contribution in [2.24, 2.45) is 0 Å². The van der Waals surface area contributed by atoms with Gasteiger partial charge in [0.15, 0.2) is 6.10 Å². The maximum atomic E-state index is 12.2. The molecule has 7 nitrogen and oxygen atoms in total. The molecule has 1 atom stereocenters. The minimum absolute atomic E-state index is 0.209. The molecular weight excluding hydrogens is 308 g/mol. The number of nitrogens with zero attached hydrogens (tertiary/aromatic N) is 3. The highest BCUT2D eigenvalue weighted by atomic mass is 16.5.